The molecule has 1 heterocycles. The van der Waals surface area contributed by atoms with Crippen molar-refractivity contribution >= 4 is 11.7 Å². The molecule has 0 atom stereocenters. The first-order valence-corrected chi connectivity index (χ1v) is 8.26. The summed E-state index contributed by atoms with van der Waals surface area (Å²) in [7, 11) is 0. The minimum Gasteiger partial charge on any atom is -0.473 e. The predicted molar refractivity (Wildman–Crippen MR) is 92.0 cm³/mol. The summed E-state index contributed by atoms with van der Waals surface area (Å²) in [6, 6.07) is 7.78. The molecule has 3 rings (SSSR count). The van der Waals surface area contributed by atoms with E-state index in [1.165, 1.54) is 0 Å². The van der Waals surface area contributed by atoms with Crippen molar-refractivity contribution in [1.82, 2.24) is 15.3 Å². The van der Waals surface area contributed by atoms with Crippen LogP contribution in [0.5, 0.6) is 5.88 Å². The van der Waals surface area contributed by atoms with Crippen LogP contribution in [0.15, 0.2) is 42.9 Å². The first kappa shape index (κ1) is 16.2. The molecule has 2 aromatic rings. The molecule has 24 heavy (non-hydrogen) atoms. The maximum absolute atomic E-state index is 12.1. The largest absolute Gasteiger partial charge is 0.473 e. The number of ether oxygens (including phenoxy) is 1. The van der Waals surface area contributed by atoms with Crippen LogP contribution in [0.2, 0.25) is 0 Å². The number of aromatic nitrogens is 2. The number of aryl methyl sites for hydroxylation is 1. The van der Waals surface area contributed by atoms with Crippen molar-refractivity contribution in [3.63, 3.8) is 0 Å². The van der Waals surface area contributed by atoms with Gasteiger partial charge in [-0.3, -0.25) is 4.98 Å². The highest BCUT2D eigenvalue weighted by Crippen LogP contribution is 2.22. The maximum atomic E-state index is 12.1. The predicted octanol–water partition coefficient (Wildman–Crippen LogP) is 3.30. The van der Waals surface area contributed by atoms with E-state index in [9.17, 15) is 4.79 Å². The van der Waals surface area contributed by atoms with Crippen LogP contribution in [0.3, 0.4) is 0 Å². The normalized spacial score (nSPS) is 20.2. The number of rotatable bonds is 4. The Hall–Kier alpha value is -2.63. The van der Waals surface area contributed by atoms with Crippen molar-refractivity contribution in [2.75, 3.05) is 5.32 Å². The van der Waals surface area contributed by atoms with Gasteiger partial charge in [0.05, 0.1) is 6.20 Å². The fraction of sp³-hybridized carbons (Fsp3) is 0.389. The zero-order valence-electron chi connectivity index (χ0n) is 13.7. The van der Waals surface area contributed by atoms with Crippen LogP contribution in [-0.4, -0.2) is 28.1 Å². The number of urea groups is 1. The Bertz CT molecular complexity index is 670. The summed E-state index contributed by atoms with van der Waals surface area (Å²) in [5.41, 5.74) is 1.89. The zero-order chi connectivity index (χ0) is 16.8. The second-order valence-electron chi connectivity index (χ2n) is 6.05. The molecule has 0 unspecified atom stereocenters. The maximum Gasteiger partial charge on any atom is 0.319 e. The lowest BCUT2D eigenvalue weighted by molar-refractivity contribution is 0.135. The molecule has 6 heteroatoms. The van der Waals surface area contributed by atoms with Gasteiger partial charge in [0.25, 0.3) is 0 Å². The first-order chi connectivity index (χ1) is 11.7. The zero-order valence-corrected chi connectivity index (χ0v) is 13.7. The molecule has 1 aliphatic rings. The molecule has 2 N–H and O–H groups in total. The van der Waals surface area contributed by atoms with Gasteiger partial charge in [0.2, 0.25) is 5.88 Å². The smallest absolute Gasteiger partial charge is 0.319 e. The summed E-state index contributed by atoms with van der Waals surface area (Å²) in [6.07, 6.45) is 8.59. The molecule has 6 nitrogen and oxygen atoms in total. The van der Waals surface area contributed by atoms with E-state index in [0.717, 1.165) is 36.9 Å². The standard InChI is InChI=1S/C18H22N4O2/c1-13-4-2-3-5-16(13)22-18(23)21-14-6-8-15(9-7-14)24-17-12-19-10-11-20-17/h2-5,10-12,14-15H,6-9H2,1H3,(H2,21,22,23). The molecule has 126 valence electrons. The molecule has 1 saturated carbocycles. The van der Waals surface area contributed by atoms with Gasteiger partial charge < -0.3 is 15.4 Å². The molecule has 1 aliphatic carbocycles. The molecule has 1 aromatic carbocycles. The summed E-state index contributed by atoms with van der Waals surface area (Å²) < 4.78 is 5.82. The Balaban J connectivity index is 1.43. The minimum absolute atomic E-state index is 0.138. The van der Waals surface area contributed by atoms with E-state index >= 15 is 0 Å². The third kappa shape index (κ3) is 4.44. The summed E-state index contributed by atoms with van der Waals surface area (Å²) in [5, 5.41) is 5.95. The second-order valence-corrected chi connectivity index (χ2v) is 6.05. The van der Waals surface area contributed by atoms with Crippen molar-refractivity contribution < 1.29 is 9.53 Å². The van der Waals surface area contributed by atoms with E-state index in [0.29, 0.717) is 5.88 Å². The lowest BCUT2D eigenvalue weighted by Crippen LogP contribution is -2.41. The molecule has 0 radical (unpaired) electrons. The van der Waals surface area contributed by atoms with E-state index in [1.54, 1.807) is 18.6 Å². The molecule has 2 amide bonds. The Kier molecular flexibility index (Phi) is 5.25. The minimum atomic E-state index is -0.150. The molecular weight excluding hydrogens is 304 g/mol. The highest BCUT2D eigenvalue weighted by Gasteiger charge is 2.24. The molecule has 1 aromatic heterocycles. The first-order valence-electron chi connectivity index (χ1n) is 8.26. The fourth-order valence-electron chi connectivity index (χ4n) is 2.90. The van der Waals surface area contributed by atoms with Crippen LogP contribution in [0.25, 0.3) is 0 Å². The van der Waals surface area contributed by atoms with Crippen molar-refractivity contribution in [3.05, 3.63) is 48.4 Å². The highest BCUT2D eigenvalue weighted by molar-refractivity contribution is 5.90. The summed E-state index contributed by atoms with van der Waals surface area (Å²) in [4.78, 5) is 20.3. The fourth-order valence-corrected chi connectivity index (χ4v) is 2.90. The SMILES string of the molecule is Cc1ccccc1NC(=O)NC1CCC(Oc2cnccn2)CC1. The number of amides is 2. The van der Waals surface area contributed by atoms with E-state index in [-0.39, 0.29) is 18.2 Å². The lowest BCUT2D eigenvalue weighted by atomic mass is 9.93. The van der Waals surface area contributed by atoms with Crippen LogP contribution in [0, 0.1) is 6.92 Å². The topological polar surface area (TPSA) is 76.1 Å². The van der Waals surface area contributed by atoms with Gasteiger partial charge >= 0.3 is 6.03 Å². The Morgan fingerprint density at radius 2 is 1.96 bits per heavy atom. The number of benzene rings is 1. The number of hydrogen-bond acceptors (Lipinski definition) is 4. The van der Waals surface area contributed by atoms with Crippen molar-refractivity contribution in [2.24, 2.45) is 0 Å². The Labute approximate surface area is 141 Å². The van der Waals surface area contributed by atoms with Crippen molar-refractivity contribution in [3.8, 4) is 5.88 Å². The summed E-state index contributed by atoms with van der Waals surface area (Å²) >= 11 is 0. The third-order valence-corrected chi connectivity index (χ3v) is 4.23. The van der Waals surface area contributed by atoms with Crippen LogP contribution in [0.4, 0.5) is 10.5 Å². The Morgan fingerprint density at radius 1 is 1.17 bits per heavy atom. The highest BCUT2D eigenvalue weighted by atomic mass is 16.5. The molecule has 1 fully saturated rings. The van der Waals surface area contributed by atoms with E-state index in [4.69, 9.17) is 4.74 Å². The van der Waals surface area contributed by atoms with Crippen LogP contribution in [-0.2, 0) is 0 Å². The van der Waals surface area contributed by atoms with Gasteiger partial charge in [0.1, 0.15) is 6.10 Å². The van der Waals surface area contributed by atoms with Gasteiger partial charge in [-0.05, 0) is 44.2 Å². The summed E-state index contributed by atoms with van der Waals surface area (Å²) in [6.45, 7) is 1.98. The molecule has 0 aliphatic heterocycles. The second kappa shape index (κ2) is 7.77. The number of para-hydroxylation sites is 1. The van der Waals surface area contributed by atoms with Crippen LogP contribution < -0.4 is 15.4 Å². The number of nitrogens with zero attached hydrogens (tertiary/aromatic N) is 2. The lowest BCUT2D eigenvalue weighted by Gasteiger charge is -2.29. The third-order valence-electron chi connectivity index (χ3n) is 4.23. The van der Waals surface area contributed by atoms with Crippen molar-refractivity contribution in [1.29, 1.82) is 0 Å². The van der Waals surface area contributed by atoms with Gasteiger partial charge in [0, 0.05) is 24.1 Å². The number of carbonyl (C=O) groups is 1. The van der Waals surface area contributed by atoms with Gasteiger partial charge in [0.15, 0.2) is 0 Å². The molecular formula is C18H22N4O2. The number of hydrogen-bond donors (Lipinski definition) is 2. The van der Waals surface area contributed by atoms with Gasteiger partial charge in [-0.1, -0.05) is 18.2 Å². The summed E-state index contributed by atoms with van der Waals surface area (Å²) in [5.74, 6) is 0.561. The quantitative estimate of drug-likeness (QED) is 0.904. The van der Waals surface area contributed by atoms with E-state index < -0.39 is 0 Å². The van der Waals surface area contributed by atoms with Crippen molar-refractivity contribution in [2.45, 2.75) is 44.8 Å². The van der Waals surface area contributed by atoms with Gasteiger partial charge in [-0.2, -0.15) is 0 Å². The number of nitrogens with one attached hydrogen (secondary N) is 2. The van der Waals surface area contributed by atoms with E-state index in [1.807, 2.05) is 31.2 Å². The van der Waals surface area contributed by atoms with Crippen LogP contribution >= 0.6 is 0 Å². The average molecular weight is 326 g/mol. The number of anilines is 1. The monoisotopic (exact) mass is 326 g/mol. The van der Waals surface area contributed by atoms with E-state index in [2.05, 4.69) is 20.6 Å². The van der Waals surface area contributed by atoms with Crippen LogP contribution in [0.1, 0.15) is 31.2 Å². The molecule has 0 bridgehead atoms. The Morgan fingerprint density at radius 3 is 2.67 bits per heavy atom. The molecule has 0 saturated heterocycles. The van der Waals surface area contributed by atoms with Gasteiger partial charge in [-0.25, -0.2) is 9.78 Å². The molecule has 0 spiro atoms. The van der Waals surface area contributed by atoms with Gasteiger partial charge in [-0.15, -0.1) is 0 Å². The number of carbonyl (C=O) groups excluding carboxylic acids is 1. The average Bonchev–Trinajstić information content (AvgIpc) is 2.60.